The van der Waals surface area contributed by atoms with E-state index in [-0.39, 0.29) is 22.1 Å². The first-order valence-corrected chi connectivity index (χ1v) is 6.31. The van der Waals surface area contributed by atoms with Crippen LogP contribution in [0.5, 0.6) is 11.5 Å². The van der Waals surface area contributed by atoms with E-state index in [9.17, 15) is 18.5 Å². The van der Waals surface area contributed by atoms with E-state index in [0.717, 1.165) is 18.4 Å². The molecule has 0 N–H and O–H groups in total. The highest BCUT2D eigenvalue weighted by Crippen LogP contribution is 2.36. The highest BCUT2D eigenvalue weighted by molar-refractivity contribution is 7.90. The largest absolute Gasteiger partial charge is 0.495 e. The third kappa shape index (κ3) is 2.64. The lowest BCUT2D eigenvalue weighted by molar-refractivity contribution is -0.385. The summed E-state index contributed by atoms with van der Waals surface area (Å²) in [5.74, 6) is -0.212. The van der Waals surface area contributed by atoms with E-state index in [4.69, 9.17) is 9.47 Å². The molecule has 0 unspecified atom stereocenters. The van der Waals surface area contributed by atoms with Gasteiger partial charge in [-0.25, -0.2) is 8.42 Å². The molecule has 1 aromatic rings. The Hall–Kier alpha value is -1.83. The highest BCUT2D eigenvalue weighted by atomic mass is 32.2. The van der Waals surface area contributed by atoms with Gasteiger partial charge in [-0.2, -0.15) is 0 Å². The molecule has 0 atom stereocenters. The van der Waals surface area contributed by atoms with Crippen molar-refractivity contribution in [3.8, 4) is 11.5 Å². The molecular formula is C9H11NO6S. The molecule has 8 heteroatoms. The SMILES string of the molecule is COc1cc(S(C)(=O)=O)c(OC)cc1[N+](=O)[O-]. The summed E-state index contributed by atoms with van der Waals surface area (Å²) in [7, 11) is -1.09. The van der Waals surface area contributed by atoms with E-state index < -0.39 is 14.8 Å². The van der Waals surface area contributed by atoms with Gasteiger partial charge in [0.25, 0.3) is 0 Å². The molecule has 1 aromatic carbocycles. The predicted octanol–water partition coefficient (Wildman–Crippen LogP) is 1.02. The fourth-order valence-electron chi connectivity index (χ4n) is 1.29. The molecule has 0 bridgehead atoms. The topological polar surface area (TPSA) is 95.7 Å². The van der Waals surface area contributed by atoms with Gasteiger partial charge in [0, 0.05) is 12.3 Å². The molecule has 0 spiro atoms. The lowest BCUT2D eigenvalue weighted by Crippen LogP contribution is -2.03. The number of hydrogen-bond acceptors (Lipinski definition) is 6. The maximum Gasteiger partial charge on any atom is 0.314 e. The quantitative estimate of drug-likeness (QED) is 0.593. The zero-order valence-electron chi connectivity index (χ0n) is 9.46. The fourth-order valence-corrected chi connectivity index (χ4v) is 2.11. The van der Waals surface area contributed by atoms with Crippen LogP contribution < -0.4 is 9.47 Å². The molecule has 0 aliphatic carbocycles. The number of rotatable bonds is 4. The van der Waals surface area contributed by atoms with Crippen molar-refractivity contribution in [2.24, 2.45) is 0 Å². The Morgan fingerprint density at radius 3 is 2.06 bits per heavy atom. The van der Waals surface area contributed by atoms with Crippen LogP contribution in [0.2, 0.25) is 0 Å². The van der Waals surface area contributed by atoms with Crippen molar-refractivity contribution >= 4 is 15.5 Å². The number of benzene rings is 1. The predicted molar refractivity (Wildman–Crippen MR) is 59.3 cm³/mol. The van der Waals surface area contributed by atoms with Gasteiger partial charge in [0.2, 0.25) is 0 Å². The number of ether oxygens (including phenoxy) is 2. The fraction of sp³-hybridized carbons (Fsp3) is 0.333. The van der Waals surface area contributed by atoms with Crippen LogP contribution in [-0.4, -0.2) is 33.8 Å². The zero-order chi connectivity index (χ0) is 13.2. The number of nitro benzene ring substituents is 1. The van der Waals surface area contributed by atoms with Gasteiger partial charge < -0.3 is 9.47 Å². The van der Waals surface area contributed by atoms with Crippen LogP contribution >= 0.6 is 0 Å². The minimum absolute atomic E-state index is 0.0833. The number of methoxy groups -OCH3 is 2. The minimum Gasteiger partial charge on any atom is -0.495 e. The summed E-state index contributed by atoms with van der Waals surface area (Å²) in [5, 5.41) is 10.7. The van der Waals surface area contributed by atoms with Gasteiger partial charge in [-0.3, -0.25) is 10.1 Å². The second-order valence-electron chi connectivity index (χ2n) is 3.20. The van der Waals surface area contributed by atoms with Crippen LogP contribution in [-0.2, 0) is 9.84 Å². The summed E-state index contributed by atoms with van der Waals surface area (Å²) in [6, 6.07) is 2.10. The Morgan fingerprint density at radius 1 is 1.18 bits per heavy atom. The van der Waals surface area contributed by atoms with E-state index in [2.05, 4.69) is 0 Å². The van der Waals surface area contributed by atoms with E-state index in [0.29, 0.717) is 0 Å². The first kappa shape index (κ1) is 13.2. The number of nitrogens with zero attached hydrogens (tertiary/aromatic N) is 1. The van der Waals surface area contributed by atoms with Crippen LogP contribution in [0.25, 0.3) is 0 Å². The molecule has 94 valence electrons. The number of nitro groups is 1. The zero-order valence-corrected chi connectivity index (χ0v) is 10.3. The van der Waals surface area contributed by atoms with Crippen molar-refractivity contribution < 1.29 is 22.8 Å². The number of sulfone groups is 1. The van der Waals surface area contributed by atoms with Crippen LogP contribution in [0.3, 0.4) is 0 Å². The molecule has 0 aromatic heterocycles. The maximum absolute atomic E-state index is 11.5. The Bertz CT molecular complexity index is 551. The monoisotopic (exact) mass is 261 g/mol. The van der Waals surface area contributed by atoms with Gasteiger partial charge in [0.15, 0.2) is 15.6 Å². The molecule has 0 radical (unpaired) electrons. The second kappa shape index (κ2) is 4.58. The molecule has 0 aliphatic heterocycles. The Kier molecular flexibility index (Phi) is 3.56. The van der Waals surface area contributed by atoms with Gasteiger partial charge in [-0.1, -0.05) is 0 Å². The van der Waals surface area contributed by atoms with Crippen LogP contribution in [0.1, 0.15) is 0 Å². The van der Waals surface area contributed by atoms with Crippen LogP contribution in [0.15, 0.2) is 17.0 Å². The van der Waals surface area contributed by atoms with E-state index in [1.54, 1.807) is 0 Å². The molecule has 17 heavy (non-hydrogen) atoms. The Morgan fingerprint density at radius 2 is 1.71 bits per heavy atom. The van der Waals surface area contributed by atoms with Gasteiger partial charge in [0.1, 0.15) is 10.6 Å². The smallest absolute Gasteiger partial charge is 0.314 e. The molecule has 0 saturated heterocycles. The average Bonchev–Trinajstić information content (AvgIpc) is 2.25. The standard InChI is InChI=1S/C9H11NO6S/c1-15-7-5-9(17(3,13)14)8(16-2)4-6(7)10(11)12/h4-5H,1-3H3. The first-order chi connectivity index (χ1) is 7.81. The molecule has 0 aliphatic rings. The van der Waals surface area contributed by atoms with Gasteiger partial charge >= 0.3 is 5.69 Å². The summed E-state index contributed by atoms with van der Waals surface area (Å²) < 4.78 is 32.5. The van der Waals surface area contributed by atoms with Gasteiger partial charge in [-0.15, -0.1) is 0 Å². The Labute approximate surface area is 98.0 Å². The molecular weight excluding hydrogens is 250 g/mol. The van der Waals surface area contributed by atoms with Crippen molar-refractivity contribution in [1.82, 2.24) is 0 Å². The lowest BCUT2D eigenvalue weighted by Gasteiger charge is -2.09. The minimum atomic E-state index is -3.55. The third-order valence-electron chi connectivity index (χ3n) is 2.06. The number of hydrogen-bond donors (Lipinski definition) is 0. The summed E-state index contributed by atoms with van der Waals surface area (Å²) in [6.45, 7) is 0. The molecule has 0 saturated carbocycles. The molecule has 0 amide bonds. The lowest BCUT2D eigenvalue weighted by atomic mass is 10.3. The van der Waals surface area contributed by atoms with E-state index >= 15 is 0 Å². The van der Waals surface area contributed by atoms with Crippen LogP contribution in [0, 0.1) is 10.1 Å². The van der Waals surface area contributed by atoms with E-state index in [1.165, 1.54) is 14.2 Å². The summed E-state index contributed by atoms with van der Waals surface area (Å²) in [5.41, 5.74) is -0.350. The molecule has 0 fully saturated rings. The van der Waals surface area contributed by atoms with Crippen LogP contribution in [0.4, 0.5) is 5.69 Å². The van der Waals surface area contributed by atoms with Crippen molar-refractivity contribution in [3.05, 3.63) is 22.2 Å². The van der Waals surface area contributed by atoms with Crippen molar-refractivity contribution in [1.29, 1.82) is 0 Å². The maximum atomic E-state index is 11.5. The highest BCUT2D eigenvalue weighted by Gasteiger charge is 2.24. The molecule has 7 nitrogen and oxygen atoms in total. The summed E-state index contributed by atoms with van der Waals surface area (Å²) in [4.78, 5) is 9.91. The second-order valence-corrected chi connectivity index (χ2v) is 5.19. The van der Waals surface area contributed by atoms with Crippen molar-refractivity contribution in [2.45, 2.75) is 4.90 Å². The first-order valence-electron chi connectivity index (χ1n) is 4.41. The average molecular weight is 261 g/mol. The van der Waals surface area contributed by atoms with Crippen molar-refractivity contribution in [2.75, 3.05) is 20.5 Å². The normalized spacial score (nSPS) is 11.0. The summed E-state index contributed by atoms with van der Waals surface area (Å²) in [6.07, 6.45) is 0.982. The van der Waals surface area contributed by atoms with Gasteiger partial charge in [-0.05, 0) is 0 Å². The molecule has 0 heterocycles. The van der Waals surface area contributed by atoms with Gasteiger partial charge in [0.05, 0.1) is 25.2 Å². The summed E-state index contributed by atoms with van der Waals surface area (Å²) >= 11 is 0. The van der Waals surface area contributed by atoms with E-state index in [1.807, 2.05) is 0 Å². The Balaban J connectivity index is 3.61. The third-order valence-corrected chi connectivity index (χ3v) is 3.18. The van der Waals surface area contributed by atoms with Crippen molar-refractivity contribution in [3.63, 3.8) is 0 Å². The molecule has 1 rings (SSSR count).